The number of hydrogen-bond acceptors (Lipinski definition) is 23. The molecule has 2 aliphatic rings. The zero-order valence-corrected chi connectivity index (χ0v) is 49.7. The van der Waals surface area contributed by atoms with E-state index in [1.807, 2.05) is 60.7 Å². The van der Waals surface area contributed by atoms with E-state index in [4.69, 9.17) is 44.7 Å². The molecule has 0 amide bonds. The number of aliphatic hydroxyl groups excluding tert-OH is 2. The van der Waals surface area contributed by atoms with Gasteiger partial charge < -0.3 is 91.0 Å². The van der Waals surface area contributed by atoms with Crippen molar-refractivity contribution < 1.29 is 86.6 Å². The average molecular weight is 1280 g/mol. The van der Waals surface area contributed by atoms with Gasteiger partial charge in [-0.25, -0.2) is 0 Å². The molecule has 24 nitrogen and oxygen atoms in total. The summed E-state index contributed by atoms with van der Waals surface area (Å²) in [5.41, 5.74) is 13.1. The topological polar surface area (TPSA) is 387 Å². The Balaban J connectivity index is 0.000000464. The summed E-state index contributed by atoms with van der Waals surface area (Å²) in [4.78, 5) is 73.9. The molecule has 486 valence electrons. The molecule has 0 radical (unpaired) electrons. The van der Waals surface area contributed by atoms with Gasteiger partial charge in [-0.15, -0.1) is 0 Å². The van der Waals surface area contributed by atoms with Crippen LogP contribution in [0.5, 0.6) is 28.7 Å². The fraction of sp³-hybridized carbons (Fsp3) is 0.349. The highest BCUT2D eigenvalue weighted by molar-refractivity contribution is 7.54. The Bertz CT molecular complexity index is 3250. The lowest BCUT2D eigenvalue weighted by Gasteiger charge is -2.25. The summed E-state index contributed by atoms with van der Waals surface area (Å²) in [7, 11) is -6.90. The van der Waals surface area contributed by atoms with Gasteiger partial charge in [-0.2, -0.15) is 0 Å². The van der Waals surface area contributed by atoms with Gasteiger partial charge >= 0.3 is 15.2 Å². The van der Waals surface area contributed by atoms with Gasteiger partial charge in [-0.1, -0.05) is 82.9 Å². The number of nitrogen functional groups attached to an aromatic ring is 1. The summed E-state index contributed by atoms with van der Waals surface area (Å²) in [5, 5.41) is 59.9. The second-order valence-electron chi connectivity index (χ2n) is 18.5. The molecule has 0 aromatic heterocycles. The SMILES string of the molecule is C.C.C.CCOP(=O)(CC=O)OCC.CCOP(=O)(O)CCNc1ccc(NCCNCCO)c2c1C(=O)c1c(O)ccc(O)c1C2=O.NCCNCCO.Nc1ccc(O)c2c1C(=O)c1c(OCc3ccccc3)ccc(OCc3ccccc3)c1C2=O. The van der Waals surface area contributed by atoms with Crippen LogP contribution >= 0.6 is 15.2 Å². The first-order chi connectivity index (χ1) is 41.4. The van der Waals surface area contributed by atoms with Crippen LogP contribution in [0.25, 0.3) is 0 Å². The first-order valence-electron chi connectivity index (χ1n) is 27.5. The number of aldehydes is 1. The molecule has 0 heterocycles. The third-order valence-corrected chi connectivity index (χ3v) is 15.9. The van der Waals surface area contributed by atoms with Crippen molar-refractivity contribution in [2.75, 3.05) is 108 Å². The number of hydrogen-bond donors (Lipinski definition) is 12. The Morgan fingerprint density at radius 3 is 1.33 bits per heavy atom. The molecule has 14 N–H and O–H groups in total. The van der Waals surface area contributed by atoms with Crippen LogP contribution in [0, 0.1) is 0 Å². The number of anilines is 3. The molecule has 0 spiro atoms. The van der Waals surface area contributed by atoms with Crippen LogP contribution in [0.4, 0.5) is 17.1 Å². The highest BCUT2D eigenvalue weighted by Crippen LogP contribution is 2.48. The van der Waals surface area contributed by atoms with Crippen LogP contribution in [0.3, 0.4) is 0 Å². The molecular formula is C63H86N6O18P2. The van der Waals surface area contributed by atoms with E-state index < -0.39 is 49.8 Å². The zero-order valence-electron chi connectivity index (χ0n) is 47.9. The van der Waals surface area contributed by atoms with Gasteiger partial charge in [0.25, 0.3) is 0 Å². The number of phenolic OH excluding ortho intramolecular Hbond substituents is 3. The Kier molecular flexibility index (Phi) is 33.5. The lowest BCUT2D eigenvalue weighted by Crippen LogP contribution is -2.27. The third kappa shape index (κ3) is 21.2. The van der Waals surface area contributed by atoms with Gasteiger partial charge in [0.1, 0.15) is 54.4 Å². The van der Waals surface area contributed by atoms with E-state index in [0.717, 1.165) is 29.8 Å². The minimum Gasteiger partial charge on any atom is -0.507 e. The van der Waals surface area contributed by atoms with E-state index in [-0.39, 0.29) is 147 Å². The highest BCUT2D eigenvalue weighted by atomic mass is 31.2. The van der Waals surface area contributed by atoms with Gasteiger partial charge in [0.15, 0.2) is 0 Å². The molecule has 1 unspecified atom stereocenters. The third-order valence-electron chi connectivity index (χ3n) is 12.5. The fourth-order valence-corrected chi connectivity index (χ4v) is 10.9. The quantitative estimate of drug-likeness (QED) is 0.00721. The molecule has 0 saturated heterocycles. The lowest BCUT2D eigenvalue weighted by molar-refractivity contribution is -0.106. The Hall–Kier alpha value is -7.83. The summed E-state index contributed by atoms with van der Waals surface area (Å²) >= 11 is 0. The molecular weight excluding hydrogens is 1190 g/mol. The van der Waals surface area contributed by atoms with Crippen molar-refractivity contribution in [1.82, 2.24) is 10.6 Å². The van der Waals surface area contributed by atoms with Crippen LogP contribution < -0.4 is 42.2 Å². The molecule has 0 aliphatic heterocycles. The molecule has 26 heteroatoms. The monoisotopic (exact) mass is 1280 g/mol. The van der Waals surface area contributed by atoms with Crippen molar-refractivity contribution in [3.63, 3.8) is 0 Å². The summed E-state index contributed by atoms with van der Waals surface area (Å²) < 4.78 is 49.7. The molecule has 6 aromatic carbocycles. The highest BCUT2D eigenvalue weighted by Gasteiger charge is 2.40. The average Bonchev–Trinajstić information content (AvgIpc) is 0.822. The van der Waals surface area contributed by atoms with Gasteiger partial charge in [0, 0.05) is 62.9 Å². The largest absolute Gasteiger partial charge is 0.507 e. The predicted octanol–water partition coefficient (Wildman–Crippen LogP) is 8.30. The number of aliphatic hydroxyl groups is 2. The summed E-state index contributed by atoms with van der Waals surface area (Å²) in [6.07, 6.45) is 0.164. The Labute approximate surface area is 520 Å². The summed E-state index contributed by atoms with van der Waals surface area (Å²) in [6.45, 7) is 9.58. The van der Waals surface area contributed by atoms with E-state index in [9.17, 15) is 53.3 Å². The van der Waals surface area contributed by atoms with E-state index in [1.54, 1.807) is 45.0 Å². The maximum Gasteiger partial charge on any atom is 0.337 e. The van der Waals surface area contributed by atoms with Crippen molar-refractivity contribution in [3.05, 3.63) is 165 Å². The first-order valence-corrected chi connectivity index (χ1v) is 31.0. The summed E-state index contributed by atoms with van der Waals surface area (Å²) in [5.74, 6) is -3.04. The number of ether oxygens (including phenoxy) is 2. The number of fused-ring (bicyclic) bond motifs is 4. The van der Waals surface area contributed by atoms with E-state index in [2.05, 4.69) is 21.3 Å². The number of benzene rings is 6. The lowest BCUT2D eigenvalue weighted by atomic mass is 9.81. The number of nitrogens with one attached hydrogen (secondary N) is 4. The minimum absolute atomic E-state index is 0. The molecule has 0 fully saturated rings. The number of phenols is 3. The van der Waals surface area contributed by atoms with Crippen LogP contribution in [0.15, 0.2) is 109 Å². The molecule has 89 heavy (non-hydrogen) atoms. The normalized spacial score (nSPS) is 12.3. The van der Waals surface area contributed by atoms with Crippen molar-refractivity contribution in [3.8, 4) is 28.7 Å². The Morgan fingerprint density at radius 1 is 0.494 bits per heavy atom. The van der Waals surface area contributed by atoms with Gasteiger partial charge in [-0.05, 0) is 80.4 Å². The predicted molar refractivity (Wildman–Crippen MR) is 345 cm³/mol. The van der Waals surface area contributed by atoms with Crippen molar-refractivity contribution >= 4 is 61.7 Å². The second kappa shape index (κ2) is 38.6. The number of carbonyl (C=O) groups excluding carboxylic acids is 5. The van der Waals surface area contributed by atoms with Crippen LogP contribution in [0.1, 0.15) is 118 Å². The number of rotatable bonds is 28. The minimum atomic E-state index is -3.81. The number of nitrogens with two attached hydrogens (primary N) is 2. The van der Waals surface area contributed by atoms with Crippen LogP contribution in [-0.4, -0.2) is 151 Å². The molecule has 1 atom stereocenters. The molecule has 2 aliphatic carbocycles. The number of ketones is 4. The maximum atomic E-state index is 13.6. The van der Waals surface area contributed by atoms with Gasteiger partial charge in [-0.3, -0.25) is 28.3 Å². The van der Waals surface area contributed by atoms with Crippen LogP contribution in [-0.2, 0) is 40.7 Å². The Morgan fingerprint density at radius 2 is 0.899 bits per heavy atom. The smallest absolute Gasteiger partial charge is 0.337 e. The molecule has 0 saturated carbocycles. The van der Waals surface area contributed by atoms with Crippen molar-refractivity contribution in [2.45, 2.75) is 56.3 Å². The van der Waals surface area contributed by atoms with E-state index in [0.29, 0.717) is 57.9 Å². The van der Waals surface area contributed by atoms with Crippen LogP contribution in [0.2, 0.25) is 0 Å². The first kappa shape index (κ1) is 77.3. The zero-order chi connectivity index (χ0) is 62.8. The fourth-order valence-electron chi connectivity index (χ4n) is 8.74. The molecule has 6 aromatic rings. The maximum absolute atomic E-state index is 13.6. The van der Waals surface area contributed by atoms with E-state index >= 15 is 0 Å². The van der Waals surface area contributed by atoms with E-state index in [1.165, 1.54) is 12.1 Å². The van der Waals surface area contributed by atoms with Crippen molar-refractivity contribution in [2.24, 2.45) is 5.73 Å². The van der Waals surface area contributed by atoms with Gasteiger partial charge in [0.05, 0.1) is 83.7 Å². The molecule has 0 bridgehead atoms. The number of aromatic hydroxyl groups is 3. The summed E-state index contributed by atoms with van der Waals surface area (Å²) in [6, 6.07) is 30.4. The second-order valence-corrected chi connectivity index (χ2v) is 22.6. The van der Waals surface area contributed by atoms with Crippen molar-refractivity contribution in [1.29, 1.82) is 0 Å². The molecule has 8 rings (SSSR count). The van der Waals surface area contributed by atoms with Gasteiger partial charge in [0.2, 0.25) is 23.1 Å². The number of carbonyl (C=O) groups is 5. The standard InChI is InChI=1S/C28H21NO5.C22H28N3O8P.C6H13O4P.C4H12N2O.3CH4/c29-19-11-12-20(30)24-23(19)27(31)25-21(33-15-17-7-3-1-4-8-17)13-14-22(26(25)28(24)32)34-16-18-9-5-2-6-10-18;1-2-33-34(31,32)12-10-25-14-4-3-13(24-8-7-23-9-11-26)17-18(14)22(30)20-16(28)6-5-15(27)19(20)21(17)29;1-3-9-11(8,6-5-7)10-4-2;5-1-2-6-3-4-7;;;/h1-14,30H,15-16,29H2;3-6,23-28H,2,7-12H2,1H3,(H,31,32);5H,3-4,6H2,1-2H3;6-7H,1-5H2;3*1H4.